The average molecular weight is 598 g/mol. The van der Waals surface area contributed by atoms with Crippen molar-refractivity contribution in [3.63, 3.8) is 0 Å². The highest BCUT2D eigenvalue weighted by atomic mass is 16.5. The zero-order valence-electron chi connectivity index (χ0n) is 25.4. The van der Waals surface area contributed by atoms with Crippen molar-refractivity contribution in [1.29, 1.82) is 0 Å². The number of nitrogens with zero attached hydrogens (tertiary/aromatic N) is 1. The first kappa shape index (κ1) is 25.1. The minimum absolute atomic E-state index is 0.506. The number of ether oxygens (including phenoxy) is 1. The third-order valence-corrected chi connectivity index (χ3v) is 10.6. The van der Waals surface area contributed by atoms with E-state index in [9.17, 15) is 0 Å². The van der Waals surface area contributed by atoms with Gasteiger partial charge in [0, 0.05) is 22.2 Å². The lowest BCUT2D eigenvalue weighted by Gasteiger charge is -2.39. The van der Waals surface area contributed by atoms with Crippen LogP contribution >= 0.6 is 0 Å². The SMILES string of the molecule is c1ccc2c(c1)Oc1c(ccc3c1c1c4ccccc4ccc1n3-c1ccc3ccccc3c1)C21c2ccccc2-c2ccccc21. The Bertz CT molecular complexity index is 2740. The summed E-state index contributed by atoms with van der Waals surface area (Å²) in [7, 11) is 0. The molecule has 2 heteroatoms. The van der Waals surface area contributed by atoms with Gasteiger partial charge in [-0.1, -0.05) is 133 Å². The molecule has 0 saturated carbocycles. The summed E-state index contributed by atoms with van der Waals surface area (Å²) in [6.07, 6.45) is 0. The molecule has 47 heavy (non-hydrogen) atoms. The summed E-state index contributed by atoms with van der Waals surface area (Å²) in [5.74, 6) is 1.85. The summed E-state index contributed by atoms with van der Waals surface area (Å²) in [6.45, 7) is 0. The maximum absolute atomic E-state index is 7.17. The van der Waals surface area contributed by atoms with Crippen molar-refractivity contribution in [1.82, 2.24) is 4.57 Å². The molecule has 1 aliphatic heterocycles. The van der Waals surface area contributed by atoms with Crippen molar-refractivity contribution in [3.8, 4) is 28.3 Å². The Balaban J connectivity index is 1.34. The molecular weight excluding hydrogens is 571 g/mol. The number of fused-ring (bicyclic) bond motifs is 16. The highest BCUT2D eigenvalue weighted by Crippen LogP contribution is 2.63. The average Bonchev–Trinajstić information content (AvgIpc) is 3.63. The van der Waals surface area contributed by atoms with Crippen molar-refractivity contribution in [2.75, 3.05) is 0 Å². The van der Waals surface area contributed by atoms with Gasteiger partial charge in [0.15, 0.2) is 0 Å². The van der Waals surface area contributed by atoms with Gasteiger partial charge in [0.1, 0.15) is 11.5 Å². The number of para-hydroxylation sites is 1. The zero-order valence-corrected chi connectivity index (χ0v) is 25.4. The molecular formula is C45H27NO. The van der Waals surface area contributed by atoms with Crippen LogP contribution in [0.25, 0.3) is 60.2 Å². The van der Waals surface area contributed by atoms with E-state index in [-0.39, 0.29) is 0 Å². The number of benzene rings is 8. The van der Waals surface area contributed by atoms with Crippen LogP contribution < -0.4 is 4.74 Å². The second-order valence-electron chi connectivity index (χ2n) is 12.8. The maximum Gasteiger partial charge on any atom is 0.142 e. The van der Waals surface area contributed by atoms with Crippen LogP contribution in [0.1, 0.15) is 22.3 Å². The van der Waals surface area contributed by atoms with Crippen molar-refractivity contribution in [2.45, 2.75) is 5.41 Å². The highest BCUT2D eigenvalue weighted by molar-refractivity contribution is 6.24. The van der Waals surface area contributed by atoms with E-state index in [0.29, 0.717) is 0 Å². The number of rotatable bonds is 1. The number of hydrogen-bond donors (Lipinski definition) is 0. The summed E-state index contributed by atoms with van der Waals surface area (Å²) in [6, 6.07) is 59.9. The van der Waals surface area contributed by atoms with Gasteiger partial charge in [-0.25, -0.2) is 0 Å². The van der Waals surface area contributed by atoms with Crippen molar-refractivity contribution < 1.29 is 4.74 Å². The molecule has 8 aromatic carbocycles. The Morgan fingerprint density at radius 2 is 1.02 bits per heavy atom. The van der Waals surface area contributed by atoms with E-state index in [1.807, 2.05) is 0 Å². The van der Waals surface area contributed by atoms with Crippen LogP contribution in [0.5, 0.6) is 11.5 Å². The summed E-state index contributed by atoms with van der Waals surface area (Å²) < 4.78 is 9.60. The number of hydrogen-bond acceptors (Lipinski definition) is 1. The molecule has 0 radical (unpaired) electrons. The summed E-state index contributed by atoms with van der Waals surface area (Å²) in [5, 5.41) is 7.28. The first-order chi connectivity index (χ1) is 23.3. The summed E-state index contributed by atoms with van der Waals surface area (Å²) >= 11 is 0. The van der Waals surface area contributed by atoms with E-state index >= 15 is 0 Å². The molecule has 0 saturated heterocycles. The van der Waals surface area contributed by atoms with Crippen LogP contribution in [0, 0.1) is 0 Å². The molecule has 2 heterocycles. The van der Waals surface area contributed by atoms with Gasteiger partial charge in [-0.2, -0.15) is 0 Å². The molecule has 11 rings (SSSR count). The second-order valence-corrected chi connectivity index (χ2v) is 12.8. The fourth-order valence-corrected chi connectivity index (χ4v) is 8.77. The Morgan fingerprint density at radius 1 is 0.426 bits per heavy atom. The Morgan fingerprint density at radius 3 is 1.83 bits per heavy atom. The smallest absolute Gasteiger partial charge is 0.142 e. The van der Waals surface area contributed by atoms with Gasteiger partial charge < -0.3 is 9.30 Å². The molecule has 0 atom stereocenters. The second kappa shape index (κ2) is 8.99. The minimum atomic E-state index is -0.506. The molecule has 0 amide bonds. The fraction of sp³-hybridized carbons (Fsp3) is 0.0222. The van der Waals surface area contributed by atoms with Crippen molar-refractivity contribution in [2.24, 2.45) is 0 Å². The fourth-order valence-electron chi connectivity index (χ4n) is 8.77. The molecule has 2 aliphatic rings. The lowest BCUT2D eigenvalue weighted by Crippen LogP contribution is -2.32. The maximum atomic E-state index is 7.17. The summed E-state index contributed by atoms with van der Waals surface area (Å²) in [5.41, 5.74) is 10.5. The normalized spacial score (nSPS) is 13.9. The molecule has 1 aromatic heterocycles. The summed E-state index contributed by atoms with van der Waals surface area (Å²) in [4.78, 5) is 0. The molecule has 1 spiro atoms. The molecule has 9 aromatic rings. The van der Waals surface area contributed by atoms with Gasteiger partial charge in [0.2, 0.25) is 0 Å². The molecule has 0 bridgehead atoms. The van der Waals surface area contributed by atoms with Gasteiger partial charge in [0.25, 0.3) is 0 Å². The highest BCUT2D eigenvalue weighted by Gasteiger charge is 2.51. The van der Waals surface area contributed by atoms with Gasteiger partial charge in [-0.05, 0) is 74.1 Å². The largest absolute Gasteiger partial charge is 0.456 e. The van der Waals surface area contributed by atoms with E-state index in [4.69, 9.17) is 4.74 Å². The molecule has 0 fully saturated rings. The molecule has 1 aliphatic carbocycles. The van der Waals surface area contributed by atoms with E-state index < -0.39 is 5.41 Å². The van der Waals surface area contributed by atoms with Crippen LogP contribution in [-0.2, 0) is 5.41 Å². The lowest BCUT2D eigenvalue weighted by atomic mass is 9.66. The third kappa shape index (κ3) is 3.10. The molecule has 2 nitrogen and oxygen atoms in total. The van der Waals surface area contributed by atoms with E-state index in [1.165, 1.54) is 65.8 Å². The lowest BCUT2D eigenvalue weighted by molar-refractivity contribution is 0.442. The van der Waals surface area contributed by atoms with E-state index in [1.54, 1.807) is 0 Å². The van der Waals surface area contributed by atoms with Gasteiger partial charge in [-0.3, -0.25) is 0 Å². The number of aromatic nitrogens is 1. The minimum Gasteiger partial charge on any atom is -0.456 e. The Labute approximate surface area is 271 Å². The van der Waals surface area contributed by atoms with Gasteiger partial charge >= 0.3 is 0 Å². The Kier molecular flexibility index (Phi) is 4.80. The van der Waals surface area contributed by atoms with Crippen LogP contribution in [0.3, 0.4) is 0 Å². The Hall–Kier alpha value is -6.12. The molecule has 218 valence electrons. The van der Waals surface area contributed by atoms with Crippen molar-refractivity contribution in [3.05, 3.63) is 186 Å². The topological polar surface area (TPSA) is 14.2 Å². The van der Waals surface area contributed by atoms with Crippen LogP contribution in [0.2, 0.25) is 0 Å². The zero-order chi connectivity index (χ0) is 30.7. The quantitative estimate of drug-likeness (QED) is 0.184. The standard InChI is InChI=1S/C45H27NO/c1-2-13-30-27-31(23-21-28(30)11-1)46-39-25-22-29-12-3-4-14-32(29)42(39)43-40(46)26-24-38-44(43)47-41-20-10-9-19-37(41)45(38)35-17-7-5-15-33(35)34-16-6-8-18-36(34)45/h1-27H. The van der Waals surface area contributed by atoms with Crippen molar-refractivity contribution >= 4 is 43.4 Å². The first-order valence-electron chi connectivity index (χ1n) is 16.3. The van der Waals surface area contributed by atoms with Crippen LogP contribution in [-0.4, -0.2) is 4.57 Å². The van der Waals surface area contributed by atoms with Gasteiger partial charge in [0.05, 0.1) is 21.8 Å². The van der Waals surface area contributed by atoms with E-state index in [2.05, 4.69) is 168 Å². The molecule has 0 N–H and O–H groups in total. The van der Waals surface area contributed by atoms with E-state index in [0.717, 1.165) is 28.1 Å². The first-order valence-corrected chi connectivity index (χ1v) is 16.3. The van der Waals surface area contributed by atoms with Crippen LogP contribution in [0.4, 0.5) is 0 Å². The monoisotopic (exact) mass is 597 g/mol. The molecule has 0 unspecified atom stereocenters. The van der Waals surface area contributed by atoms with Crippen LogP contribution in [0.15, 0.2) is 164 Å². The predicted molar refractivity (Wildman–Crippen MR) is 193 cm³/mol. The van der Waals surface area contributed by atoms with Gasteiger partial charge in [-0.15, -0.1) is 0 Å². The third-order valence-electron chi connectivity index (χ3n) is 10.6. The predicted octanol–water partition coefficient (Wildman–Crippen LogP) is 11.6.